The standard InChI is InChI=1S/C27H29NO5/c1-19(15-20-13-14-25(30-2)26(16-20)31-3)28-17-22(33-27(28)29)18-32-24-12-8-7-11-23(24)21-9-5-4-6-10-21/h4-14,16,19,22H,15,17-18H2,1-3H3/t19-,22-/m0/s1. The van der Waals surface area contributed by atoms with Crippen molar-refractivity contribution in [3.05, 3.63) is 78.4 Å². The van der Waals surface area contributed by atoms with E-state index in [4.69, 9.17) is 18.9 Å². The Hall–Kier alpha value is -3.67. The van der Waals surface area contributed by atoms with Gasteiger partial charge in [-0.2, -0.15) is 0 Å². The largest absolute Gasteiger partial charge is 0.493 e. The second kappa shape index (κ2) is 10.3. The van der Waals surface area contributed by atoms with Gasteiger partial charge in [-0.1, -0.05) is 54.6 Å². The second-order valence-corrected chi connectivity index (χ2v) is 8.07. The van der Waals surface area contributed by atoms with Gasteiger partial charge in [0.05, 0.1) is 20.8 Å². The Labute approximate surface area is 194 Å². The van der Waals surface area contributed by atoms with Gasteiger partial charge in [0.25, 0.3) is 0 Å². The molecule has 1 heterocycles. The van der Waals surface area contributed by atoms with E-state index in [1.807, 2.05) is 67.6 Å². The van der Waals surface area contributed by atoms with Crippen LogP contribution in [-0.4, -0.2) is 50.5 Å². The summed E-state index contributed by atoms with van der Waals surface area (Å²) in [4.78, 5) is 14.3. The third-order valence-corrected chi connectivity index (χ3v) is 5.81. The van der Waals surface area contributed by atoms with Crippen molar-refractivity contribution in [2.45, 2.75) is 25.5 Å². The van der Waals surface area contributed by atoms with Crippen molar-refractivity contribution >= 4 is 6.09 Å². The first kappa shape index (κ1) is 22.5. The molecule has 1 aliphatic rings. The summed E-state index contributed by atoms with van der Waals surface area (Å²) in [5.41, 5.74) is 3.16. The number of nitrogens with zero attached hydrogens (tertiary/aromatic N) is 1. The third kappa shape index (κ3) is 5.22. The minimum Gasteiger partial charge on any atom is -0.493 e. The average Bonchev–Trinajstić information content (AvgIpc) is 3.24. The number of ether oxygens (including phenoxy) is 4. The molecule has 0 aliphatic carbocycles. The van der Waals surface area contributed by atoms with Crippen molar-refractivity contribution in [1.82, 2.24) is 4.90 Å². The molecule has 1 saturated heterocycles. The van der Waals surface area contributed by atoms with Gasteiger partial charge >= 0.3 is 6.09 Å². The summed E-state index contributed by atoms with van der Waals surface area (Å²) in [6.45, 7) is 2.81. The quantitative estimate of drug-likeness (QED) is 0.451. The minimum absolute atomic E-state index is 0.0304. The Morgan fingerprint density at radius 3 is 2.42 bits per heavy atom. The molecule has 33 heavy (non-hydrogen) atoms. The molecule has 1 amide bonds. The van der Waals surface area contributed by atoms with Crippen molar-refractivity contribution in [2.24, 2.45) is 0 Å². The molecule has 0 aromatic heterocycles. The molecule has 1 aliphatic heterocycles. The first-order valence-electron chi connectivity index (χ1n) is 11.0. The van der Waals surface area contributed by atoms with Crippen molar-refractivity contribution in [3.63, 3.8) is 0 Å². The first-order valence-corrected chi connectivity index (χ1v) is 11.0. The van der Waals surface area contributed by atoms with Gasteiger partial charge in [0, 0.05) is 11.6 Å². The van der Waals surface area contributed by atoms with Gasteiger partial charge in [0.2, 0.25) is 0 Å². The van der Waals surface area contributed by atoms with Crippen LogP contribution in [0, 0.1) is 0 Å². The molecule has 0 saturated carbocycles. The zero-order valence-corrected chi connectivity index (χ0v) is 19.2. The van der Waals surface area contributed by atoms with Gasteiger partial charge in [-0.25, -0.2) is 4.79 Å². The van der Waals surface area contributed by atoms with Crippen molar-refractivity contribution < 1.29 is 23.7 Å². The van der Waals surface area contributed by atoms with E-state index in [0.29, 0.717) is 31.1 Å². The van der Waals surface area contributed by atoms with Crippen LogP contribution in [0.5, 0.6) is 17.2 Å². The van der Waals surface area contributed by atoms with E-state index in [1.54, 1.807) is 19.1 Å². The van der Waals surface area contributed by atoms with Gasteiger partial charge in [0.15, 0.2) is 17.6 Å². The fourth-order valence-electron chi connectivity index (χ4n) is 4.08. The number of rotatable bonds is 9. The Kier molecular flexibility index (Phi) is 7.03. The Bertz CT molecular complexity index is 1080. The van der Waals surface area contributed by atoms with Crippen LogP contribution in [0.1, 0.15) is 12.5 Å². The third-order valence-electron chi connectivity index (χ3n) is 5.81. The highest BCUT2D eigenvalue weighted by Gasteiger charge is 2.35. The highest BCUT2D eigenvalue weighted by Crippen LogP contribution is 2.31. The molecule has 1 fully saturated rings. The predicted molar refractivity (Wildman–Crippen MR) is 127 cm³/mol. The van der Waals surface area contributed by atoms with Crippen LogP contribution < -0.4 is 14.2 Å². The van der Waals surface area contributed by atoms with Crippen LogP contribution >= 0.6 is 0 Å². The number of carbonyl (C=O) groups excluding carboxylic acids is 1. The molecule has 0 unspecified atom stereocenters. The van der Waals surface area contributed by atoms with E-state index in [9.17, 15) is 4.79 Å². The molecular formula is C27H29NO5. The Balaban J connectivity index is 1.37. The summed E-state index contributed by atoms with van der Waals surface area (Å²) in [7, 11) is 3.23. The molecule has 6 nitrogen and oxygen atoms in total. The zero-order valence-electron chi connectivity index (χ0n) is 19.2. The van der Waals surface area contributed by atoms with E-state index < -0.39 is 0 Å². The van der Waals surface area contributed by atoms with Crippen LogP contribution in [0.2, 0.25) is 0 Å². The molecule has 2 atom stereocenters. The minimum atomic E-state index is -0.325. The van der Waals surface area contributed by atoms with Crippen LogP contribution in [0.3, 0.4) is 0 Å². The highest BCUT2D eigenvalue weighted by atomic mass is 16.6. The lowest BCUT2D eigenvalue weighted by molar-refractivity contribution is 0.102. The highest BCUT2D eigenvalue weighted by molar-refractivity contribution is 5.71. The maximum atomic E-state index is 12.5. The smallest absolute Gasteiger partial charge is 0.410 e. The molecule has 0 N–H and O–H groups in total. The summed E-state index contributed by atoms with van der Waals surface area (Å²) in [6.07, 6.45) is 0.0435. The van der Waals surface area contributed by atoms with Crippen molar-refractivity contribution in [1.29, 1.82) is 0 Å². The summed E-state index contributed by atoms with van der Waals surface area (Å²) < 4.78 is 22.4. The SMILES string of the molecule is COc1ccc(C[C@H](C)N2C[C@@H](COc3ccccc3-c3ccccc3)OC2=O)cc1OC. The second-order valence-electron chi connectivity index (χ2n) is 8.07. The average molecular weight is 448 g/mol. The fraction of sp³-hybridized carbons (Fsp3) is 0.296. The number of hydrogen-bond acceptors (Lipinski definition) is 5. The molecule has 0 spiro atoms. The first-order chi connectivity index (χ1) is 16.1. The number of methoxy groups -OCH3 is 2. The number of carbonyl (C=O) groups is 1. The van der Waals surface area contributed by atoms with Crippen LogP contribution in [0.4, 0.5) is 4.79 Å². The summed E-state index contributed by atoms with van der Waals surface area (Å²) >= 11 is 0. The van der Waals surface area contributed by atoms with E-state index >= 15 is 0 Å². The van der Waals surface area contributed by atoms with E-state index in [2.05, 4.69) is 12.1 Å². The molecule has 3 aromatic rings. The fourth-order valence-corrected chi connectivity index (χ4v) is 4.08. The Morgan fingerprint density at radius 2 is 1.67 bits per heavy atom. The van der Waals surface area contributed by atoms with E-state index in [-0.39, 0.29) is 18.2 Å². The number of para-hydroxylation sites is 1. The van der Waals surface area contributed by atoms with Crippen molar-refractivity contribution in [3.8, 4) is 28.4 Å². The predicted octanol–water partition coefficient (Wildman–Crippen LogP) is 5.20. The monoisotopic (exact) mass is 447 g/mol. The van der Waals surface area contributed by atoms with E-state index in [0.717, 1.165) is 22.4 Å². The summed E-state index contributed by atoms with van der Waals surface area (Å²) in [5, 5.41) is 0. The van der Waals surface area contributed by atoms with Gasteiger partial charge in [-0.15, -0.1) is 0 Å². The topological polar surface area (TPSA) is 57.2 Å². The number of benzene rings is 3. The molecular weight excluding hydrogens is 418 g/mol. The maximum Gasteiger partial charge on any atom is 0.410 e. The maximum absolute atomic E-state index is 12.5. The number of cyclic esters (lactones) is 1. The normalized spacial score (nSPS) is 16.3. The van der Waals surface area contributed by atoms with Gasteiger partial charge < -0.3 is 23.8 Å². The molecule has 0 bridgehead atoms. The van der Waals surface area contributed by atoms with Crippen LogP contribution in [-0.2, 0) is 11.2 Å². The number of hydrogen-bond donors (Lipinski definition) is 0. The van der Waals surface area contributed by atoms with Crippen LogP contribution in [0.25, 0.3) is 11.1 Å². The van der Waals surface area contributed by atoms with Gasteiger partial charge in [0.1, 0.15) is 12.4 Å². The van der Waals surface area contributed by atoms with Crippen LogP contribution in [0.15, 0.2) is 72.8 Å². The molecule has 3 aromatic carbocycles. The van der Waals surface area contributed by atoms with Crippen molar-refractivity contribution in [2.75, 3.05) is 27.4 Å². The molecule has 0 radical (unpaired) electrons. The van der Waals surface area contributed by atoms with Gasteiger partial charge in [-0.3, -0.25) is 0 Å². The molecule has 4 rings (SSSR count). The lowest BCUT2D eigenvalue weighted by Crippen LogP contribution is -2.36. The summed E-state index contributed by atoms with van der Waals surface area (Å²) in [5.74, 6) is 2.13. The van der Waals surface area contributed by atoms with Gasteiger partial charge in [-0.05, 0) is 42.7 Å². The zero-order chi connectivity index (χ0) is 23.2. The summed E-state index contributed by atoms with van der Waals surface area (Å²) in [6, 6.07) is 23.8. The van der Waals surface area contributed by atoms with E-state index in [1.165, 1.54) is 0 Å². The lowest BCUT2D eigenvalue weighted by atomic mass is 10.0. The number of amides is 1. The lowest BCUT2D eigenvalue weighted by Gasteiger charge is -2.22. The Morgan fingerprint density at radius 1 is 0.939 bits per heavy atom. The molecule has 172 valence electrons. The molecule has 6 heteroatoms.